The minimum atomic E-state index is -1.39. The van der Waals surface area contributed by atoms with Crippen molar-refractivity contribution < 1.29 is 4.42 Å². The molecule has 3 nitrogen and oxygen atoms in total. The molecule has 4 heteroatoms. The van der Waals surface area contributed by atoms with Crippen molar-refractivity contribution in [3.63, 3.8) is 0 Å². The van der Waals surface area contributed by atoms with E-state index in [2.05, 4.69) is 55.1 Å². The Labute approximate surface area is 160 Å². The van der Waals surface area contributed by atoms with E-state index in [1.165, 1.54) is 30.4 Å². The zero-order valence-electron chi connectivity index (χ0n) is 16.2. The second kappa shape index (κ2) is 6.03. The van der Waals surface area contributed by atoms with Gasteiger partial charge in [-0.05, 0) is 72.3 Å². The molecule has 0 amide bonds. The largest absolute Gasteiger partial charge is 0.438 e. The quantitative estimate of drug-likeness (QED) is 0.438. The van der Waals surface area contributed by atoms with E-state index in [-0.39, 0.29) is 0 Å². The Morgan fingerprint density at radius 3 is 2.56 bits per heavy atom. The van der Waals surface area contributed by atoms with Crippen molar-refractivity contribution >= 4 is 35.3 Å². The topological polar surface area (TPSA) is 38.9 Å². The molecule has 0 radical (unpaired) electrons. The molecular weight excluding hydrogens is 348 g/mol. The molecule has 3 aromatic heterocycles. The predicted octanol–water partition coefficient (Wildman–Crippen LogP) is 5.47. The van der Waals surface area contributed by atoms with Crippen LogP contribution < -0.4 is 5.19 Å². The third-order valence-electron chi connectivity index (χ3n) is 5.73. The van der Waals surface area contributed by atoms with E-state index in [1.807, 2.05) is 6.07 Å². The van der Waals surface area contributed by atoms with Crippen LogP contribution in [0.25, 0.3) is 33.3 Å². The normalized spacial score (nSPS) is 14.6. The number of benzene rings is 1. The highest BCUT2D eigenvalue weighted by Gasteiger charge is 2.26. The average molecular weight is 373 g/mol. The molecule has 27 heavy (non-hydrogen) atoms. The first-order valence-electron chi connectivity index (χ1n) is 9.81. The van der Waals surface area contributed by atoms with Crippen LogP contribution in [0.5, 0.6) is 0 Å². The van der Waals surface area contributed by atoms with Gasteiger partial charge in [0.05, 0.1) is 13.8 Å². The van der Waals surface area contributed by atoms with Gasteiger partial charge >= 0.3 is 0 Å². The number of rotatable bonds is 2. The molecule has 0 bridgehead atoms. The summed E-state index contributed by atoms with van der Waals surface area (Å²) in [7, 11) is -1.39. The Bertz CT molecular complexity index is 1170. The maximum absolute atomic E-state index is 5.89. The molecule has 5 rings (SSSR count). The first kappa shape index (κ1) is 16.7. The standard InChI is InChI=1S/C23H24N2OSi/c1-27(2,3)21-14-25-22(17-8-5-4-7-16(17)21)15-10-11-20-19(13-15)18-9-6-12-24-23(18)26-20/h6,9-14H,4-5,7-8H2,1-3H3. The van der Waals surface area contributed by atoms with Crippen LogP contribution in [0.2, 0.25) is 19.6 Å². The summed E-state index contributed by atoms with van der Waals surface area (Å²) in [5, 5.41) is 3.73. The Kier molecular flexibility index (Phi) is 3.73. The van der Waals surface area contributed by atoms with E-state index < -0.39 is 8.07 Å². The monoisotopic (exact) mass is 372 g/mol. The highest BCUT2D eigenvalue weighted by atomic mass is 28.3. The van der Waals surface area contributed by atoms with Crippen molar-refractivity contribution in [1.82, 2.24) is 9.97 Å². The van der Waals surface area contributed by atoms with Crippen molar-refractivity contribution in [2.24, 2.45) is 0 Å². The molecule has 4 aromatic rings. The lowest BCUT2D eigenvalue weighted by Crippen LogP contribution is -2.42. The molecule has 0 spiro atoms. The molecular formula is C23H24N2OSi. The molecule has 0 aliphatic heterocycles. The molecule has 0 atom stereocenters. The first-order chi connectivity index (χ1) is 13.0. The van der Waals surface area contributed by atoms with Crippen LogP contribution in [0.15, 0.2) is 47.1 Å². The predicted molar refractivity (Wildman–Crippen MR) is 114 cm³/mol. The second-order valence-electron chi connectivity index (χ2n) is 8.60. The number of hydrogen-bond donors (Lipinski definition) is 0. The van der Waals surface area contributed by atoms with Crippen LogP contribution in [0.1, 0.15) is 24.0 Å². The number of pyridine rings is 2. The summed E-state index contributed by atoms with van der Waals surface area (Å²) in [5.41, 5.74) is 7.01. The third kappa shape index (κ3) is 2.70. The lowest BCUT2D eigenvalue weighted by molar-refractivity contribution is 0.654. The lowest BCUT2D eigenvalue weighted by atomic mass is 9.88. The van der Waals surface area contributed by atoms with E-state index in [1.54, 1.807) is 16.9 Å². The van der Waals surface area contributed by atoms with Crippen LogP contribution in [-0.2, 0) is 12.8 Å². The summed E-state index contributed by atoms with van der Waals surface area (Å²) < 4.78 is 5.89. The molecule has 0 unspecified atom stereocenters. The number of aromatic nitrogens is 2. The van der Waals surface area contributed by atoms with Gasteiger partial charge in [0.2, 0.25) is 5.71 Å². The molecule has 0 saturated carbocycles. The van der Waals surface area contributed by atoms with E-state index in [0.29, 0.717) is 5.71 Å². The number of hydrogen-bond acceptors (Lipinski definition) is 3. The molecule has 1 aromatic carbocycles. The Morgan fingerprint density at radius 2 is 1.74 bits per heavy atom. The Balaban J connectivity index is 1.74. The highest BCUT2D eigenvalue weighted by molar-refractivity contribution is 6.89. The Morgan fingerprint density at radius 1 is 0.926 bits per heavy atom. The molecule has 0 saturated heterocycles. The van der Waals surface area contributed by atoms with Crippen molar-refractivity contribution in [3.05, 3.63) is 53.9 Å². The van der Waals surface area contributed by atoms with Gasteiger partial charge in [0.15, 0.2) is 0 Å². The lowest BCUT2D eigenvalue weighted by Gasteiger charge is -2.27. The van der Waals surface area contributed by atoms with E-state index in [0.717, 1.165) is 28.5 Å². The van der Waals surface area contributed by atoms with Crippen LogP contribution in [0, 0.1) is 0 Å². The maximum atomic E-state index is 5.89. The molecule has 1 aliphatic rings. The van der Waals surface area contributed by atoms with Crippen molar-refractivity contribution in [3.8, 4) is 11.3 Å². The smallest absolute Gasteiger partial charge is 0.227 e. The van der Waals surface area contributed by atoms with Crippen LogP contribution in [-0.4, -0.2) is 18.0 Å². The Hall–Kier alpha value is -2.46. The summed E-state index contributed by atoms with van der Waals surface area (Å²) in [6, 6.07) is 10.5. The average Bonchev–Trinajstić information content (AvgIpc) is 3.04. The highest BCUT2D eigenvalue weighted by Crippen LogP contribution is 2.34. The van der Waals surface area contributed by atoms with Gasteiger partial charge in [0, 0.05) is 28.7 Å². The van der Waals surface area contributed by atoms with Crippen molar-refractivity contribution in [1.29, 1.82) is 0 Å². The first-order valence-corrected chi connectivity index (χ1v) is 13.3. The second-order valence-corrected chi connectivity index (χ2v) is 13.6. The summed E-state index contributed by atoms with van der Waals surface area (Å²) in [6.45, 7) is 7.28. The SMILES string of the molecule is C[Si](C)(C)c1cnc(-c2ccc3oc4ncccc4c3c2)c2c1CCCC2. The van der Waals surface area contributed by atoms with Crippen LogP contribution in [0.4, 0.5) is 0 Å². The minimum Gasteiger partial charge on any atom is -0.438 e. The summed E-state index contributed by atoms with van der Waals surface area (Å²) in [6.07, 6.45) is 8.85. The summed E-state index contributed by atoms with van der Waals surface area (Å²) in [5.74, 6) is 0. The third-order valence-corrected chi connectivity index (χ3v) is 7.78. The summed E-state index contributed by atoms with van der Waals surface area (Å²) in [4.78, 5) is 9.34. The molecule has 0 N–H and O–H groups in total. The van der Waals surface area contributed by atoms with E-state index >= 15 is 0 Å². The van der Waals surface area contributed by atoms with Crippen molar-refractivity contribution in [2.75, 3.05) is 0 Å². The van der Waals surface area contributed by atoms with Crippen LogP contribution >= 0.6 is 0 Å². The zero-order valence-corrected chi connectivity index (χ0v) is 17.2. The number of furan rings is 1. The van der Waals surface area contributed by atoms with Gasteiger partial charge in [0.1, 0.15) is 5.58 Å². The van der Waals surface area contributed by atoms with Gasteiger partial charge < -0.3 is 4.42 Å². The van der Waals surface area contributed by atoms with Gasteiger partial charge in [-0.25, -0.2) is 4.98 Å². The number of nitrogens with zero attached hydrogens (tertiary/aromatic N) is 2. The molecule has 1 aliphatic carbocycles. The minimum absolute atomic E-state index is 0.703. The van der Waals surface area contributed by atoms with Gasteiger partial charge in [-0.1, -0.05) is 19.6 Å². The van der Waals surface area contributed by atoms with Gasteiger partial charge in [-0.15, -0.1) is 0 Å². The number of fused-ring (bicyclic) bond motifs is 4. The fourth-order valence-electron chi connectivity index (χ4n) is 4.40. The fourth-order valence-corrected chi connectivity index (χ4v) is 6.04. The molecule has 0 fully saturated rings. The zero-order chi connectivity index (χ0) is 18.6. The summed E-state index contributed by atoms with van der Waals surface area (Å²) >= 11 is 0. The molecule has 136 valence electrons. The van der Waals surface area contributed by atoms with E-state index in [9.17, 15) is 0 Å². The fraction of sp³-hybridized carbons (Fsp3) is 0.304. The van der Waals surface area contributed by atoms with Crippen molar-refractivity contribution in [2.45, 2.75) is 45.3 Å². The van der Waals surface area contributed by atoms with Gasteiger partial charge in [-0.3, -0.25) is 4.98 Å². The maximum Gasteiger partial charge on any atom is 0.227 e. The van der Waals surface area contributed by atoms with Gasteiger partial charge in [-0.2, -0.15) is 0 Å². The van der Waals surface area contributed by atoms with Crippen LogP contribution in [0.3, 0.4) is 0 Å². The van der Waals surface area contributed by atoms with Gasteiger partial charge in [0.25, 0.3) is 0 Å². The molecule has 3 heterocycles. The van der Waals surface area contributed by atoms with E-state index in [4.69, 9.17) is 9.40 Å².